The van der Waals surface area contributed by atoms with Gasteiger partial charge < -0.3 is 10.1 Å². The molecule has 33 heavy (non-hydrogen) atoms. The number of rotatable bonds is 2. The Bertz CT molecular complexity index is 1190. The van der Waals surface area contributed by atoms with Crippen molar-refractivity contribution in [2.24, 2.45) is 5.92 Å². The second-order valence-electron chi connectivity index (χ2n) is 8.98. The summed E-state index contributed by atoms with van der Waals surface area (Å²) >= 11 is 0. The summed E-state index contributed by atoms with van der Waals surface area (Å²) in [4.78, 5) is 0. The summed E-state index contributed by atoms with van der Waals surface area (Å²) < 4.78 is 87.2. The van der Waals surface area contributed by atoms with E-state index in [0.717, 1.165) is 68.6 Å². The first-order chi connectivity index (χ1) is 15.6. The number of hydrogen-bond acceptors (Lipinski definition) is 2. The van der Waals surface area contributed by atoms with E-state index >= 15 is 0 Å². The minimum atomic E-state index is -4.60. The predicted molar refractivity (Wildman–Crippen MR) is 114 cm³/mol. The lowest BCUT2D eigenvalue weighted by Gasteiger charge is -2.40. The van der Waals surface area contributed by atoms with Crippen molar-refractivity contribution in [2.75, 3.05) is 19.7 Å². The summed E-state index contributed by atoms with van der Waals surface area (Å²) in [7, 11) is 0. The molecule has 3 aromatic carbocycles. The third-order valence-corrected chi connectivity index (χ3v) is 7.11. The highest BCUT2D eigenvalue weighted by molar-refractivity contribution is 6.10. The smallest absolute Gasteiger partial charge is 0.370 e. The van der Waals surface area contributed by atoms with Gasteiger partial charge in [0.1, 0.15) is 0 Å². The van der Waals surface area contributed by atoms with E-state index in [9.17, 15) is 26.3 Å². The van der Waals surface area contributed by atoms with Gasteiger partial charge in [-0.25, -0.2) is 0 Å². The molecule has 1 atom stereocenters. The molecule has 2 heterocycles. The summed E-state index contributed by atoms with van der Waals surface area (Å²) in [6, 6.07) is 8.51. The van der Waals surface area contributed by atoms with Crippen LogP contribution in [0.3, 0.4) is 0 Å². The molecule has 5 rings (SSSR count). The predicted octanol–water partition coefficient (Wildman–Crippen LogP) is 7.04. The molecule has 0 saturated carbocycles. The summed E-state index contributed by atoms with van der Waals surface area (Å²) in [5.74, 6) is 0.179. The summed E-state index contributed by atoms with van der Waals surface area (Å²) in [6.07, 6.45) is -5.89. The molecule has 2 fully saturated rings. The first-order valence-corrected chi connectivity index (χ1v) is 11.1. The number of hydrogen-bond donors (Lipinski definition) is 1. The molecule has 0 aliphatic carbocycles. The van der Waals surface area contributed by atoms with Gasteiger partial charge >= 0.3 is 12.4 Å². The fourth-order valence-electron chi connectivity index (χ4n) is 5.56. The van der Waals surface area contributed by atoms with Gasteiger partial charge in [-0.3, -0.25) is 0 Å². The molecule has 2 aliphatic rings. The third kappa shape index (κ3) is 3.87. The van der Waals surface area contributed by atoms with Crippen LogP contribution in [-0.2, 0) is 22.7 Å². The van der Waals surface area contributed by atoms with E-state index in [1.165, 1.54) is 12.1 Å². The van der Waals surface area contributed by atoms with Crippen molar-refractivity contribution in [1.29, 1.82) is 0 Å². The maximum absolute atomic E-state index is 13.5. The van der Waals surface area contributed by atoms with Gasteiger partial charge in [0.25, 0.3) is 0 Å². The van der Waals surface area contributed by atoms with E-state index < -0.39 is 29.1 Å². The fourth-order valence-corrected chi connectivity index (χ4v) is 5.56. The Balaban J connectivity index is 1.82. The largest absolute Gasteiger partial charge is 0.416 e. The quantitative estimate of drug-likeness (QED) is 0.323. The molecular weight excluding hydrogens is 444 g/mol. The van der Waals surface area contributed by atoms with Crippen LogP contribution in [-0.4, -0.2) is 19.7 Å². The Labute approximate surface area is 186 Å². The first kappa shape index (κ1) is 22.5. The average molecular weight is 467 g/mol. The molecule has 0 radical (unpaired) electrons. The second kappa shape index (κ2) is 7.87. The molecule has 0 aromatic heterocycles. The molecule has 3 aromatic rings. The highest BCUT2D eigenvalue weighted by Crippen LogP contribution is 2.50. The standard InChI is InChI=1S/C25H23F6NO/c26-24(27,28)17-3-2-15-12-22(23(8-1-11-33-23)16-6-9-32-10-7-16)19-5-4-18(25(29,30)31)14-21(19)20(15)13-17/h2-5,12-14,16,32H,1,6-11H2/t23-/m1/s1. The van der Waals surface area contributed by atoms with Crippen LogP contribution in [0.4, 0.5) is 26.3 Å². The molecule has 0 bridgehead atoms. The minimum Gasteiger partial charge on any atom is -0.370 e. The van der Waals surface area contributed by atoms with Crippen molar-refractivity contribution in [2.45, 2.75) is 43.6 Å². The zero-order chi connectivity index (χ0) is 23.4. The fraction of sp³-hybridized carbons (Fsp3) is 0.440. The monoisotopic (exact) mass is 467 g/mol. The van der Waals surface area contributed by atoms with Crippen LogP contribution >= 0.6 is 0 Å². The van der Waals surface area contributed by atoms with Crippen molar-refractivity contribution >= 4 is 21.5 Å². The van der Waals surface area contributed by atoms with E-state index in [1.54, 1.807) is 0 Å². The molecule has 0 spiro atoms. The number of fused-ring (bicyclic) bond motifs is 3. The van der Waals surface area contributed by atoms with Crippen LogP contribution in [0.5, 0.6) is 0 Å². The van der Waals surface area contributed by atoms with Gasteiger partial charge in [-0.05, 0) is 102 Å². The van der Waals surface area contributed by atoms with Crippen LogP contribution in [0.1, 0.15) is 42.4 Å². The maximum atomic E-state index is 13.5. The zero-order valence-corrected chi connectivity index (χ0v) is 17.7. The van der Waals surface area contributed by atoms with Gasteiger partial charge in [0.05, 0.1) is 16.7 Å². The van der Waals surface area contributed by atoms with Crippen molar-refractivity contribution in [3.05, 3.63) is 59.2 Å². The summed E-state index contributed by atoms with van der Waals surface area (Å²) in [5.41, 5.74) is -1.64. The van der Waals surface area contributed by atoms with Crippen LogP contribution in [0.25, 0.3) is 21.5 Å². The zero-order valence-electron chi connectivity index (χ0n) is 17.7. The van der Waals surface area contributed by atoms with Gasteiger partial charge in [0, 0.05) is 6.61 Å². The van der Waals surface area contributed by atoms with Gasteiger partial charge in [0.15, 0.2) is 0 Å². The summed E-state index contributed by atoms with van der Waals surface area (Å²) in [5, 5.41) is 4.67. The van der Waals surface area contributed by atoms with Gasteiger partial charge in [0.2, 0.25) is 0 Å². The van der Waals surface area contributed by atoms with Crippen molar-refractivity contribution < 1.29 is 31.1 Å². The van der Waals surface area contributed by atoms with Crippen molar-refractivity contribution in [3.8, 4) is 0 Å². The van der Waals surface area contributed by atoms with Crippen LogP contribution in [0.2, 0.25) is 0 Å². The first-order valence-electron chi connectivity index (χ1n) is 11.1. The minimum absolute atomic E-state index is 0.160. The lowest BCUT2D eigenvalue weighted by molar-refractivity contribution is -0.138. The van der Waals surface area contributed by atoms with Gasteiger partial charge in [-0.2, -0.15) is 26.3 Å². The summed E-state index contributed by atoms with van der Waals surface area (Å²) in [6.45, 7) is 2.21. The molecule has 0 amide bonds. The molecule has 2 aliphatic heterocycles. The molecule has 2 saturated heterocycles. The Morgan fingerprint density at radius 3 is 2.03 bits per heavy atom. The molecule has 8 heteroatoms. The van der Waals surface area contributed by atoms with Crippen LogP contribution < -0.4 is 5.32 Å². The second-order valence-corrected chi connectivity index (χ2v) is 8.98. The Morgan fingerprint density at radius 2 is 1.42 bits per heavy atom. The molecule has 176 valence electrons. The van der Waals surface area contributed by atoms with E-state index in [-0.39, 0.29) is 16.7 Å². The molecule has 2 nitrogen and oxygen atoms in total. The van der Waals surface area contributed by atoms with E-state index in [1.807, 2.05) is 6.07 Å². The number of alkyl halides is 6. The van der Waals surface area contributed by atoms with Gasteiger partial charge in [-0.1, -0.05) is 12.1 Å². The Hall–Kier alpha value is -2.32. The lowest BCUT2D eigenvalue weighted by atomic mass is 9.72. The van der Waals surface area contributed by atoms with Crippen molar-refractivity contribution in [3.63, 3.8) is 0 Å². The number of benzene rings is 3. The molecular formula is C25H23F6NO. The number of halogens is 6. The van der Waals surface area contributed by atoms with Crippen LogP contribution in [0.15, 0.2) is 42.5 Å². The van der Waals surface area contributed by atoms with E-state index in [4.69, 9.17) is 4.74 Å². The highest BCUT2D eigenvalue weighted by Gasteiger charge is 2.46. The lowest BCUT2D eigenvalue weighted by Crippen LogP contribution is -2.41. The average Bonchev–Trinajstić information content (AvgIpc) is 3.28. The van der Waals surface area contributed by atoms with E-state index in [2.05, 4.69) is 5.32 Å². The highest BCUT2D eigenvalue weighted by atomic mass is 19.4. The van der Waals surface area contributed by atoms with Crippen LogP contribution in [0, 0.1) is 5.92 Å². The van der Waals surface area contributed by atoms with Gasteiger partial charge in [-0.15, -0.1) is 0 Å². The number of ether oxygens (including phenoxy) is 1. The van der Waals surface area contributed by atoms with E-state index in [0.29, 0.717) is 17.4 Å². The molecule has 1 N–H and O–H groups in total. The van der Waals surface area contributed by atoms with Crippen molar-refractivity contribution in [1.82, 2.24) is 5.32 Å². The SMILES string of the molecule is FC(F)(F)c1ccc2cc([C@]3(C4CCNCC4)CCCO3)c3ccc(C(F)(F)F)cc3c2c1. The maximum Gasteiger partial charge on any atom is 0.416 e. The normalized spacial score (nSPS) is 23.0. The topological polar surface area (TPSA) is 21.3 Å². The third-order valence-electron chi connectivity index (χ3n) is 7.11. The number of nitrogens with one attached hydrogen (secondary N) is 1. The molecule has 0 unspecified atom stereocenters. The Kier molecular flexibility index (Phi) is 5.36. The Morgan fingerprint density at radius 1 is 0.788 bits per heavy atom. The number of piperidine rings is 1.